The molecule has 3 nitrogen and oxygen atoms in total. The number of halogens is 3. The molecule has 2 aromatic rings. The summed E-state index contributed by atoms with van der Waals surface area (Å²) in [7, 11) is -0.652. The summed E-state index contributed by atoms with van der Waals surface area (Å²) < 4.78 is 56.9. The van der Waals surface area contributed by atoms with Gasteiger partial charge in [-0.25, -0.2) is 13.2 Å². The van der Waals surface area contributed by atoms with Crippen LogP contribution in [0.2, 0.25) is 0 Å². The Labute approximate surface area is 157 Å². The van der Waals surface area contributed by atoms with Gasteiger partial charge in [-0.15, -0.1) is 0 Å². The van der Waals surface area contributed by atoms with Crippen molar-refractivity contribution < 1.29 is 27.2 Å². The van der Waals surface area contributed by atoms with E-state index in [1.807, 2.05) is 27.7 Å². The molecule has 1 fully saturated rings. The number of hydrogen-bond acceptors (Lipinski definition) is 3. The summed E-state index contributed by atoms with van der Waals surface area (Å²) in [6.45, 7) is 7.80. The predicted molar refractivity (Wildman–Crippen MR) is 97.8 cm³/mol. The first-order valence-corrected chi connectivity index (χ1v) is 8.74. The van der Waals surface area contributed by atoms with Crippen molar-refractivity contribution in [3.63, 3.8) is 0 Å². The summed E-state index contributed by atoms with van der Waals surface area (Å²) in [6.07, 6.45) is -2.51. The Kier molecular flexibility index (Phi) is 5.28. The Balaban J connectivity index is 1.67. The number of hydrogen-bond donors (Lipinski definition) is 0. The highest BCUT2D eigenvalue weighted by Gasteiger charge is 2.51. The summed E-state index contributed by atoms with van der Waals surface area (Å²) in [6, 6.07) is 10.3. The van der Waals surface area contributed by atoms with Crippen LogP contribution in [-0.2, 0) is 15.9 Å². The summed E-state index contributed by atoms with van der Waals surface area (Å²) in [4.78, 5) is 0. The van der Waals surface area contributed by atoms with Gasteiger partial charge in [0.25, 0.3) is 6.43 Å². The monoisotopic (exact) mass is 378 g/mol. The van der Waals surface area contributed by atoms with Crippen LogP contribution < -0.4 is 10.2 Å². The molecule has 0 aromatic heterocycles. The largest absolute Gasteiger partial charge is 0.494 e. The molecule has 7 heteroatoms. The van der Waals surface area contributed by atoms with Gasteiger partial charge in [0.2, 0.25) is 0 Å². The third-order valence-electron chi connectivity index (χ3n) is 5.11. The molecule has 3 rings (SSSR count). The van der Waals surface area contributed by atoms with Gasteiger partial charge in [-0.3, -0.25) is 0 Å². The van der Waals surface area contributed by atoms with Gasteiger partial charge in [-0.1, -0.05) is 30.3 Å². The van der Waals surface area contributed by atoms with Crippen LogP contribution in [0.5, 0.6) is 5.75 Å². The van der Waals surface area contributed by atoms with Gasteiger partial charge in [0.1, 0.15) is 6.61 Å². The number of rotatable bonds is 5. The fourth-order valence-corrected chi connectivity index (χ4v) is 2.68. The van der Waals surface area contributed by atoms with Crippen LogP contribution in [0.1, 0.15) is 45.2 Å². The van der Waals surface area contributed by atoms with Crippen molar-refractivity contribution in [2.24, 2.45) is 0 Å². The predicted octanol–water partition coefficient (Wildman–Crippen LogP) is 4.64. The molecule has 1 saturated heterocycles. The Morgan fingerprint density at radius 2 is 1.56 bits per heavy atom. The second-order valence-electron chi connectivity index (χ2n) is 7.61. The highest BCUT2D eigenvalue weighted by atomic mass is 19.3. The zero-order valence-electron chi connectivity index (χ0n) is 15.8. The molecule has 0 N–H and O–H groups in total. The Morgan fingerprint density at radius 3 is 2.07 bits per heavy atom. The topological polar surface area (TPSA) is 27.7 Å². The van der Waals surface area contributed by atoms with E-state index < -0.39 is 30.6 Å². The minimum absolute atomic E-state index is 0.0586. The van der Waals surface area contributed by atoms with Crippen molar-refractivity contribution in [3.05, 3.63) is 59.4 Å². The van der Waals surface area contributed by atoms with E-state index in [2.05, 4.69) is 0 Å². The highest BCUT2D eigenvalue weighted by molar-refractivity contribution is 6.62. The molecule has 0 saturated carbocycles. The maximum absolute atomic E-state index is 14.4. The molecule has 0 radical (unpaired) electrons. The van der Waals surface area contributed by atoms with E-state index in [1.54, 1.807) is 6.07 Å². The molecule has 0 bridgehead atoms. The van der Waals surface area contributed by atoms with Gasteiger partial charge in [0.05, 0.1) is 11.2 Å². The molecular formula is C20H22BF3O3. The van der Waals surface area contributed by atoms with Gasteiger partial charge >= 0.3 is 7.12 Å². The van der Waals surface area contributed by atoms with Crippen LogP contribution in [0.3, 0.4) is 0 Å². The molecule has 1 aliphatic heterocycles. The first-order chi connectivity index (χ1) is 12.6. The molecule has 0 atom stereocenters. The quantitative estimate of drug-likeness (QED) is 0.710. The molecule has 27 heavy (non-hydrogen) atoms. The molecular weight excluding hydrogens is 356 g/mol. The summed E-state index contributed by atoms with van der Waals surface area (Å²) in [5.41, 5.74) is 0.173. The Morgan fingerprint density at radius 1 is 0.963 bits per heavy atom. The smallest absolute Gasteiger partial charge is 0.486 e. The van der Waals surface area contributed by atoms with Gasteiger partial charge in [0.15, 0.2) is 11.6 Å². The molecule has 0 unspecified atom stereocenters. The molecule has 2 aromatic carbocycles. The summed E-state index contributed by atoms with van der Waals surface area (Å²) >= 11 is 0. The Bertz CT molecular complexity index is 791. The first-order valence-electron chi connectivity index (χ1n) is 8.74. The van der Waals surface area contributed by atoms with E-state index in [1.165, 1.54) is 36.4 Å². The van der Waals surface area contributed by atoms with Crippen molar-refractivity contribution in [1.29, 1.82) is 0 Å². The van der Waals surface area contributed by atoms with Crippen LogP contribution in [0.15, 0.2) is 42.5 Å². The van der Waals surface area contributed by atoms with Crippen molar-refractivity contribution in [1.82, 2.24) is 0 Å². The lowest BCUT2D eigenvalue weighted by atomic mass is 9.79. The van der Waals surface area contributed by atoms with Crippen LogP contribution >= 0.6 is 0 Å². The molecule has 1 heterocycles. The first kappa shape index (κ1) is 19.8. The highest BCUT2D eigenvalue weighted by Crippen LogP contribution is 2.36. The lowest BCUT2D eigenvalue weighted by molar-refractivity contribution is 0.00578. The zero-order chi connectivity index (χ0) is 19.8. The van der Waals surface area contributed by atoms with Crippen LogP contribution in [0.4, 0.5) is 13.2 Å². The van der Waals surface area contributed by atoms with Crippen molar-refractivity contribution in [2.75, 3.05) is 0 Å². The normalized spacial score (nSPS) is 18.1. The zero-order valence-corrected chi connectivity index (χ0v) is 15.8. The van der Waals surface area contributed by atoms with Crippen LogP contribution in [0.25, 0.3) is 0 Å². The lowest BCUT2D eigenvalue weighted by Crippen LogP contribution is -2.41. The fourth-order valence-electron chi connectivity index (χ4n) is 2.68. The van der Waals surface area contributed by atoms with Crippen molar-refractivity contribution in [2.45, 2.75) is 51.9 Å². The number of ether oxygens (including phenoxy) is 1. The third-order valence-corrected chi connectivity index (χ3v) is 5.11. The minimum atomic E-state index is -2.51. The maximum Gasteiger partial charge on any atom is 0.494 e. The van der Waals surface area contributed by atoms with E-state index in [0.29, 0.717) is 11.0 Å². The third kappa shape index (κ3) is 4.14. The average molecular weight is 378 g/mol. The summed E-state index contributed by atoms with van der Waals surface area (Å²) in [5.74, 6) is -0.459. The molecule has 0 aliphatic carbocycles. The van der Waals surface area contributed by atoms with Crippen molar-refractivity contribution >= 4 is 12.6 Å². The van der Waals surface area contributed by atoms with Gasteiger partial charge in [-0.2, -0.15) is 0 Å². The number of benzene rings is 2. The van der Waals surface area contributed by atoms with Crippen LogP contribution in [0, 0.1) is 5.82 Å². The van der Waals surface area contributed by atoms with E-state index >= 15 is 0 Å². The van der Waals surface area contributed by atoms with Gasteiger partial charge < -0.3 is 14.0 Å². The molecule has 0 spiro atoms. The fraction of sp³-hybridized carbons (Fsp3) is 0.400. The molecule has 144 valence electrons. The second kappa shape index (κ2) is 7.21. The maximum atomic E-state index is 14.4. The van der Waals surface area contributed by atoms with E-state index in [9.17, 15) is 13.2 Å². The van der Waals surface area contributed by atoms with Crippen molar-refractivity contribution in [3.8, 4) is 5.75 Å². The second-order valence-corrected chi connectivity index (χ2v) is 7.61. The Hall–Kier alpha value is -1.99. The molecule has 0 amide bonds. The van der Waals surface area contributed by atoms with E-state index in [4.69, 9.17) is 14.0 Å². The van der Waals surface area contributed by atoms with Crippen LogP contribution in [-0.4, -0.2) is 18.3 Å². The van der Waals surface area contributed by atoms with E-state index in [0.717, 1.165) is 0 Å². The minimum Gasteiger partial charge on any atom is -0.486 e. The molecule has 1 aliphatic rings. The SMILES string of the molecule is CC1(C)OB(c2ccc(OCc3ccc(C(F)F)cc3)c(F)c2)OC1(C)C. The lowest BCUT2D eigenvalue weighted by Gasteiger charge is -2.32. The van der Waals surface area contributed by atoms with E-state index in [-0.39, 0.29) is 17.9 Å². The van der Waals surface area contributed by atoms with Gasteiger partial charge in [-0.05, 0) is 50.9 Å². The standard InChI is InChI=1S/C20H22BF3O3/c1-19(2)20(3,4)27-21(26-19)15-9-10-17(16(22)11-15)25-12-13-5-7-14(8-6-13)18(23)24/h5-11,18H,12H2,1-4H3. The summed E-state index contributed by atoms with van der Waals surface area (Å²) in [5, 5.41) is 0. The number of alkyl halides is 2. The average Bonchev–Trinajstić information content (AvgIpc) is 2.82. The van der Waals surface area contributed by atoms with Gasteiger partial charge in [0, 0.05) is 5.56 Å².